The Kier molecular flexibility index (Phi) is 4.43. The maximum Gasteiger partial charge on any atom is 0.305 e. The molecule has 2 amide bonds. The molecule has 0 aliphatic rings. The standard InChI is InChI=1S/C19H19N3O3/c1-12-15-6-4-5-7-16(15)25-17(12)19(24)21-20-18(23)13-8-10-14(11-9-13)22(2)3/h4-11H,1-3H3,(H,20,23)(H,21,24). The molecule has 3 aromatic rings. The van der Waals surface area contributed by atoms with Gasteiger partial charge in [0.05, 0.1) is 0 Å². The average Bonchev–Trinajstić information content (AvgIpc) is 2.96. The van der Waals surface area contributed by atoms with Crippen LogP contribution in [0.5, 0.6) is 0 Å². The molecule has 2 aromatic carbocycles. The van der Waals surface area contributed by atoms with E-state index >= 15 is 0 Å². The van der Waals surface area contributed by atoms with Crippen molar-refractivity contribution in [3.05, 3.63) is 65.4 Å². The number of anilines is 1. The number of nitrogens with zero attached hydrogens (tertiary/aromatic N) is 1. The van der Waals surface area contributed by atoms with Crippen LogP contribution in [0.4, 0.5) is 5.69 Å². The predicted molar refractivity (Wildman–Crippen MR) is 96.7 cm³/mol. The van der Waals surface area contributed by atoms with Crippen molar-refractivity contribution in [2.45, 2.75) is 6.92 Å². The van der Waals surface area contributed by atoms with E-state index in [2.05, 4.69) is 10.9 Å². The first-order chi connectivity index (χ1) is 12.0. The first kappa shape index (κ1) is 16.6. The van der Waals surface area contributed by atoms with E-state index < -0.39 is 11.8 Å². The maximum absolute atomic E-state index is 12.3. The minimum atomic E-state index is -0.494. The molecule has 0 saturated carbocycles. The molecule has 0 radical (unpaired) electrons. The summed E-state index contributed by atoms with van der Waals surface area (Å²) in [5.41, 5.74) is 7.60. The van der Waals surface area contributed by atoms with Gasteiger partial charge in [-0.25, -0.2) is 0 Å². The highest BCUT2D eigenvalue weighted by molar-refractivity contribution is 6.01. The summed E-state index contributed by atoms with van der Waals surface area (Å²) < 4.78 is 5.57. The number of rotatable bonds is 3. The Morgan fingerprint density at radius 2 is 1.56 bits per heavy atom. The summed E-state index contributed by atoms with van der Waals surface area (Å²) in [6.45, 7) is 1.81. The van der Waals surface area contributed by atoms with Gasteiger partial charge in [-0.15, -0.1) is 0 Å². The topological polar surface area (TPSA) is 74.6 Å². The quantitative estimate of drug-likeness (QED) is 0.721. The summed E-state index contributed by atoms with van der Waals surface area (Å²) in [5.74, 6) is -0.705. The second-order valence-corrected chi connectivity index (χ2v) is 5.90. The Morgan fingerprint density at radius 3 is 2.20 bits per heavy atom. The Balaban J connectivity index is 1.68. The lowest BCUT2D eigenvalue weighted by Crippen LogP contribution is -2.41. The Bertz CT molecular complexity index is 927. The minimum Gasteiger partial charge on any atom is -0.451 e. The Hall–Kier alpha value is -3.28. The van der Waals surface area contributed by atoms with Crippen LogP contribution in [-0.4, -0.2) is 25.9 Å². The van der Waals surface area contributed by atoms with Crippen molar-refractivity contribution in [2.75, 3.05) is 19.0 Å². The van der Waals surface area contributed by atoms with Crippen molar-refractivity contribution in [3.63, 3.8) is 0 Å². The maximum atomic E-state index is 12.3. The molecule has 2 N–H and O–H groups in total. The van der Waals surface area contributed by atoms with E-state index in [4.69, 9.17) is 4.42 Å². The zero-order valence-corrected chi connectivity index (χ0v) is 14.3. The average molecular weight is 337 g/mol. The van der Waals surface area contributed by atoms with Crippen LogP contribution in [0.2, 0.25) is 0 Å². The number of hydrogen-bond donors (Lipinski definition) is 2. The van der Waals surface area contributed by atoms with Crippen LogP contribution in [-0.2, 0) is 0 Å². The van der Waals surface area contributed by atoms with Crippen LogP contribution in [0.25, 0.3) is 11.0 Å². The van der Waals surface area contributed by atoms with E-state index in [1.54, 1.807) is 18.2 Å². The summed E-state index contributed by atoms with van der Waals surface area (Å²) >= 11 is 0. The molecule has 6 nitrogen and oxygen atoms in total. The second kappa shape index (κ2) is 6.68. The molecule has 1 heterocycles. The first-order valence-electron chi connectivity index (χ1n) is 7.83. The summed E-state index contributed by atoms with van der Waals surface area (Å²) in [5, 5.41) is 0.873. The zero-order chi connectivity index (χ0) is 18.0. The number of hydrogen-bond acceptors (Lipinski definition) is 4. The van der Waals surface area contributed by atoms with Gasteiger partial charge in [0, 0.05) is 36.3 Å². The zero-order valence-electron chi connectivity index (χ0n) is 14.3. The number of benzene rings is 2. The number of carbonyl (C=O) groups is 2. The van der Waals surface area contributed by atoms with Gasteiger partial charge >= 0.3 is 5.91 Å². The second-order valence-electron chi connectivity index (χ2n) is 5.90. The van der Waals surface area contributed by atoms with Gasteiger partial charge in [0.2, 0.25) is 0 Å². The fourth-order valence-electron chi connectivity index (χ4n) is 2.54. The number of furan rings is 1. The highest BCUT2D eigenvalue weighted by atomic mass is 16.3. The molecule has 6 heteroatoms. The number of nitrogens with one attached hydrogen (secondary N) is 2. The molecule has 0 aliphatic heterocycles. The number of aryl methyl sites for hydroxylation is 1. The number of carbonyl (C=O) groups excluding carboxylic acids is 2. The lowest BCUT2D eigenvalue weighted by Gasteiger charge is -2.12. The number of amides is 2. The number of para-hydroxylation sites is 1. The Labute approximate surface area is 145 Å². The van der Waals surface area contributed by atoms with Gasteiger partial charge in [0.1, 0.15) is 5.58 Å². The Morgan fingerprint density at radius 1 is 0.920 bits per heavy atom. The van der Waals surface area contributed by atoms with E-state index in [1.807, 2.05) is 56.3 Å². The monoisotopic (exact) mass is 337 g/mol. The number of fused-ring (bicyclic) bond motifs is 1. The third-order valence-corrected chi connectivity index (χ3v) is 3.99. The molecular weight excluding hydrogens is 318 g/mol. The van der Waals surface area contributed by atoms with Gasteiger partial charge in [0.15, 0.2) is 5.76 Å². The van der Waals surface area contributed by atoms with Crippen LogP contribution in [0.15, 0.2) is 52.9 Å². The van der Waals surface area contributed by atoms with Crippen molar-refractivity contribution in [3.8, 4) is 0 Å². The van der Waals surface area contributed by atoms with Crippen LogP contribution in [0.1, 0.15) is 26.5 Å². The smallest absolute Gasteiger partial charge is 0.305 e. The molecule has 0 atom stereocenters. The summed E-state index contributed by atoms with van der Waals surface area (Å²) in [7, 11) is 3.84. The van der Waals surface area contributed by atoms with Gasteiger partial charge in [-0.3, -0.25) is 20.4 Å². The molecule has 0 bridgehead atoms. The van der Waals surface area contributed by atoms with Crippen LogP contribution < -0.4 is 15.8 Å². The summed E-state index contributed by atoms with van der Waals surface area (Å²) in [6, 6.07) is 14.5. The molecule has 0 saturated heterocycles. The van der Waals surface area contributed by atoms with Crippen molar-refractivity contribution in [1.82, 2.24) is 10.9 Å². The van der Waals surface area contributed by atoms with Gasteiger partial charge < -0.3 is 9.32 Å². The molecule has 0 unspecified atom stereocenters. The minimum absolute atomic E-state index is 0.185. The lowest BCUT2D eigenvalue weighted by molar-refractivity contribution is 0.0831. The van der Waals surface area contributed by atoms with E-state index in [1.165, 1.54) is 0 Å². The lowest BCUT2D eigenvalue weighted by atomic mass is 10.1. The van der Waals surface area contributed by atoms with Crippen molar-refractivity contribution in [2.24, 2.45) is 0 Å². The molecule has 1 aromatic heterocycles. The van der Waals surface area contributed by atoms with E-state index in [9.17, 15) is 9.59 Å². The van der Waals surface area contributed by atoms with E-state index in [-0.39, 0.29) is 5.76 Å². The summed E-state index contributed by atoms with van der Waals surface area (Å²) in [4.78, 5) is 26.4. The molecule has 0 aliphatic carbocycles. The molecular formula is C19H19N3O3. The molecule has 128 valence electrons. The van der Waals surface area contributed by atoms with Crippen LogP contribution in [0, 0.1) is 6.92 Å². The molecule has 25 heavy (non-hydrogen) atoms. The fraction of sp³-hybridized carbons (Fsp3) is 0.158. The fourth-order valence-corrected chi connectivity index (χ4v) is 2.54. The third-order valence-electron chi connectivity index (χ3n) is 3.99. The van der Waals surface area contributed by atoms with Crippen molar-refractivity contribution >= 4 is 28.5 Å². The highest BCUT2D eigenvalue weighted by Crippen LogP contribution is 2.24. The predicted octanol–water partition coefficient (Wildman–Crippen LogP) is 2.88. The van der Waals surface area contributed by atoms with Gasteiger partial charge in [-0.05, 0) is 37.3 Å². The van der Waals surface area contributed by atoms with Crippen molar-refractivity contribution < 1.29 is 14.0 Å². The normalized spacial score (nSPS) is 10.5. The van der Waals surface area contributed by atoms with Crippen LogP contribution >= 0.6 is 0 Å². The molecule has 3 rings (SSSR count). The van der Waals surface area contributed by atoms with Gasteiger partial charge in [-0.1, -0.05) is 18.2 Å². The summed E-state index contributed by atoms with van der Waals surface area (Å²) in [6.07, 6.45) is 0. The van der Waals surface area contributed by atoms with E-state index in [0.29, 0.717) is 11.1 Å². The SMILES string of the molecule is Cc1c(C(=O)NNC(=O)c2ccc(N(C)C)cc2)oc2ccccc12. The van der Waals surface area contributed by atoms with Gasteiger partial charge in [-0.2, -0.15) is 0 Å². The van der Waals surface area contributed by atoms with Crippen LogP contribution in [0.3, 0.4) is 0 Å². The largest absolute Gasteiger partial charge is 0.451 e. The molecule has 0 fully saturated rings. The number of hydrazine groups is 1. The van der Waals surface area contributed by atoms with Crippen molar-refractivity contribution in [1.29, 1.82) is 0 Å². The van der Waals surface area contributed by atoms with Gasteiger partial charge in [0.25, 0.3) is 5.91 Å². The first-order valence-corrected chi connectivity index (χ1v) is 7.83. The molecule has 0 spiro atoms. The highest BCUT2D eigenvalue weighted by Gasteiger charge is 2.18. The third kappa shape index (κ3) is 3.33. The van der Waals surface area contributed by atoms with E-state index in [0.717, 1.165) is 16.6 Å².